The number of rotatable bonds is 0. The van der Waals surface area contributed by atoms with Crippen LogP contribution in [0.2, 0.25) is 10.2 Å². The van der Waals surface area contributed by atoms with E-state index in [2.05, 4.69) is 51.2 Å². The standard InChI is InChI=1S/C6H5Si5/c7-3-1-2-4(8)6(10,11)5(3)9/h4H,1-2H2. The summed E-state index contributed by atoms with van der Waals surface area (Å²) in [6, 6.07) is 0. The van der Waals surface area contributed by atoms with Gasteiger partial charge in [-0.15, -0.1) is 0 Å². The average molecular weight is 218 g/mol. The summed E-state index contributed by atoms with van der Waals surface area (Å²) in [6.45, 7) is 0. The molecule has 1 atom stereocenters. The summed E-state index contributed by atoms with van der Waals surface area (Å²) in [4.78, 5) is 0. The first-order chi connectivity index (χ1) is 4.96. The zero-order valence-corrected chi connectivity index (χ0v) is 11.0. The Kier molecular flexibility index (Phi) is 2.96. The summed E-state index contributed by atoms with van der Waals surface area (Å²) in [6.07, 6.45) is 2.18. The van der Waals surface area contributed by atoms with E-state index in [1.54, 1.807) is 0 Å². The Morgan fingerprint density at radius 3 is 2.27 bits per heavy atom. The van der Waals surface area contributed by atoms with Crippen molar-refractivity contribution in [1.82, 2.24) is 0 Å². The predicted octanol–water partition coefficient (Wildman–Crippen LogP) is -0.261. The van der Waals surface area contributed by atoms with Gasteiger partial charge in [-0.1, -0.05) is 10.4 Å². The molecule has 5 heteroatoms. The quantitative estimate of drug-likeness (QED) is 0.491. The molecule has 0 aliphatic heterocycles. The van der Waals surface area contributed by atoms with E-state index in [1.807, 2.05) is 0 Å². The smallest absolute Gasteiger partial charge is 0.0643 e. The minimum atomic E-state index is -0.164. The predicted molar refractivity (Wildman–Crippen MR) is 51.5 cm³/mol. The largest absolute Gasteiger partial charge is 0.0944 e. The van der Waals surface area contributed by atoms with Crippen LogP contribution < -0.4 is 0 Å². The van der Waals surface area contributed by atoms with Crippen molar-refractivity contribution in [3.63, 3.8) is 0 Å². The molecule has 0 N–H and O–H groups in total. The van der Waals surface area contributed by atoms with Crippen molar-refractivity contribution >= 4 is 51.2 Å². The molecule has 0 saturated heterocycles. The Hall–Kier alpha value is 0.824. The first-order valence-corrected chi connectivity index (χ1v) is 5.92. The van der Waals surface area contributed by atoms with Crippen LogP contribution in [0.5, 0.6) is 0 Å². The molecule has 0 aromatic heterocycles. The molecule has 1 aliphatic rings. The van der Waals surface area contributed by atoms with E-state index in [0.717, 1.165) is 18.0 Å². The first-order valence-electron chi connectivity index (χ1n) is 3.34. The molecule has 0 bridgehead atoms. The fourth-order valence-electron chi connectivity index (χ4n) is 1.04. The van der Waals surface area contributed by atoms with Crippen LogP contribution in [-0.4, -0.2) is 51.2 Å². The maximum absolute atomic E-state index is 3.64. The third-order valence-electron chi connectivity index (χ3n) is 1.90. The molecule has 1 unspecified atom stereocenters. The van der Waals surface area contributed by atoms with E-state index in [0.29, 0.717) is 5.54 Å². The lowest BCUT2D eigenvalue weighted by atomic mass is 10.0. The minimum Gasteiger partial charge on any atom is -0.0944 e. The van der Waals surface area contributed by atoms with Gasteiger partial charge in [0.05, 0.1) is 20.5 Å². The van der Waals surface area contributed by atoms with E-state index in [4.69, 9.17) is 0 Å². The lowest BCUT2D eigenvalue weighted by molar-refractivity contribution is 0.671. The minimum absolute atomic E-state index is 0.164. The summed E-state index contributed by atoms with van der Waals surface area (Å²) in [5.74, 6) is 0. The van der Waals surface area contributed by atoms with Crippen molar-refractivity contribution < 1.29 is 0 Å². The summed E-state index contributed by atoms with van der Waals surface area (Å²) in [5.41, 5.74) is 0.406. The Labute approximate surface area is 84.7 Å². The topological polar surface area (TPSA) is 0 Å². The van der Waals surface area contributed by atoms with Crippen LogP contribution in [0.3, 0.4) is 0 Å². The van der Waals surface area contributed by atoms with E-state index < -0.39 is 0 Å². The Morgan fingerprint density at radius 2 is 1.82 bits per heavy atom. The summed E-state index contributed by atoms with van der Waals surface area (Å²) in [7, 11) is 18.1. The van der Waals surface area contributed by atoms with Gasteiger partial charge < -0.3 is 0 Å². The van der Waals surface area contributed by atoms with Gasteiger partial charge >= 0.3 is 0 Å². The fourth-order valence-corrected chi connectivity index (χ4v) is 2.96. The first kappa shape index (κ1) is 9.91. The van der Waals surface area contributed by atoms with Gasteiger partial charge in [0.15, 0.2) is 0 Å². The SMILES string of the molecule is [Si]C1=C([Si])C([Si])([Si])C([Si])CC1. The number of hydrogen-bond acceptors (Lipinski definition) is 0. The second kappa shape index (κ2) is 3.29. The Balaban J connectivity index is 2.98. The monoisotopic (exact) mass is 217 g/mol. The van der Waals surface area contributed by atoms with Crippen LogP contribution >= 0.6 is 0 Å². The van der Waals surface area contributed by atoms with E-state index in [1.165, 1.54) is 5.20 Å². The second-order valence-corrected chi connectivity index (χ2v) is 6.63. The third kappa shape index (κ3) is 1.77. The van der Waals surface area contributed by atoms with Crippen molar-refractivity contribution in [2.24, 2.45) is 0 Å². The zero-order valence-electron chi connectivity index (χ0n) is 5.99. The second-order valence-electron chi connectivity index (χ2n) is 2.75. The normalized spacial score (nSPS) is 30.8. The molecule has 0 heterocycles. The van der Waals surface area contributed by atoms with Gasteiger partial charge in [-0.3, -0.25) is 0 Å². The van der Waals surface area contributed by atoms with Crippen LogP contribution in [0.1, 0.15) is 12.8 Å². The maximum Gasteiger partial charge on any atom is 0.0643 e. The lowest BCUT2D eigenvalue weighted by Crippen LogP contribution is -2.28. The molecule has 0 saturated carbocycles. The van der Waals surface area contributed by atoms with Gasteiger partial charge in [-0.05, 0) is 23.0 Å². The van der Waals surface area contributed by atoms with Gasteiger partial charge in [-0.2, -0.15) is 0 Å². The molecule has 1 rings (SSSR count). The van der Waals surface area contributed by atoms with Crippen molar-refractivity contribution in [2.75, 3.05) is 0 Å². The number of allylic oxidation sites excluding steroid dienone is 2. The van der Waals surface area contributed by atoms with Crippen LogP contribution in [0.4, 0.5) is 0 Å². The molecule has 1 aliphatic carbocycles. The van der Waals surface area contributed by atoms with Gasteiger partial charge in [0.2, 0.25) is 0 Å². The molecule has 15 radical (unpaired) electrons. The molecule has 11 heavy (non-hydrogen) atoms. The average Bonchev–Trinajstić information content (AvgIpc) is 1.95. The third-order valence-corrected chi connectivity index (χ3v) is 6.34. The van der Waals surface area contributed by atoms with E-state index >= 15 is 0 Å². The Morgan fingerprint density at radius 1 is 1.27 bits per heavy atom. The van der Waals surface area contributed by atoms with Gasteiger partial charge in [0, 0.05) is 30.7 Å². The van der Waals surface area contributed by atoms with Crippen molar-refractivity contribution in [3.8, 4) is 0 Å². The van der Waals surface area contributed by atoms with Gasteiger partial charge in [-0.25, -0.2) is 0 Å². The summed E-state index contributed by atoms with van der Waals surface area (Å²) >= 11 is 0. The highest BCUT2D eigenvalue weighted by Gasteiger charge is 2.31. The highest BCUT2D eigenvalue weighted by atomic mass is 28.2. The highest BCUT2D eigenvalue weighted by Crippen LogP contribution is 2.45. The molecule has 0 aromatic carbocycles. The molecule has 0 fully saturated rings. The fraction of sp³-hybridized carbons (Fsp3) is 0.667. The van der Waals surface area contributed by atoms with E-state index in [-0.39, 0.29) is 4.66 Å². The molecular weight excluding hydrogens is 212 g/mol. The van der Waals surface area contributed by atoms with Gasteiger partial charge in [0.1, 0.15) is 0 Å². The van der Waals surface area contributed by atoms with Crippen molar-refractivity contribution in [1.29, 1.82) is 0 Å². The summed E-state index contributed by atoms with van der Waals surface area (Å²) < 4.78 is -0.164. The van der Waals surface area contributed by atoms with Gasteiger partial charge in [0.25, 0.3) is 0 Å². The molecule has 0 amide bonds. The van der Waals surface area contributed by atoms with Crippen LogP contribution in [0, 0.1) is 0 Å². The van der Waals surface area contributed by atoms with Crippen LogP contribution in [0.15, 0.2) is 10.4 Å². The highest BCUT2D eigenvalue weighted by molar-refractivity contribution is 6.52. The van der Waals surface area contributed by atoms with Crippen LogP contribution in [-0.2, 0) is 0 Å². The van der Waals surface area contributed by atoms with E-state index in [9.17, 15) is 0 Å². The maximum atomic E-state index is 3.64. The molecule has 49 valence electrons. The molecule has 0 spiro atoms. The zero-order chi connectivity index (χ0) is 8.65. The molecular formula is C6H5Si5. The van der Waals surface area contributed by atoms with Crippen molar-refractivity contribution in [2.45, 2.75) is 23.0 Å². The van der Waals surface area contributed by atoms with Crippen LogP contribution in [0.25, 0.3) is 0 Å². The molecule has 0 aromatic rings. The Bertz CT molecular complexity index is 195. The molecule has 0 nitrogen and oxygen atoms in total. The van der Waals surface area contributed by atoms with Crippen molar-refractivity contribution in [3.05, 3.63) is 10.4 Å². The summed E-state index contributed by atoms with van der Waals surface area (Å²) in [5, 5.41) is 2.33. The lowest BCUT2D eigenvalue weighted by Gasteiger charge is -2.38. The number of hydrogen-bond donors (Lipinski definition) is 0.